The van der Waals surface area contributed by atoms with E-state index in [1.165, 1.54) is 31.6 Å². The van der Waals surface area contributed by atoms with Gasteiger partial charge in [0.25, 0.3) is 5.91 Å². The first-order valence-electron chi connectivity index (χ1n) is 7.86. The quantitative estimate of drug-likeness (QED) is 0.586. The lowest BCUT2D eigenvalue weighted by Gasteiger charge is -2.16. The van der Waals surface area contributed by atoms with Crippen molar-refractivity contribution in [2.45, 2.75) is 10.1 Å². The molecule has 142 valence electrons. The smallest absolute Gasteiger partial charge is 0.287 e. The third kappa shape index (κ3) is 4.25. The molecule has 7 nitrogen and oxygen atoms in total. The molecule has 1 amide bonds. The van der Waals surface area contributed by atoms with E-state index in [0.29, 0.717) is 10.4 Å². The fourth-order valence-electron chi connectivity index (χ4n) is 2.48. The summed E-state index contributed by atoms with van der Waals surface area (Å²) in [4.78, 5) is 12.3. The summed E-state index contributed by atoms with van der Waals surface area (Å²) in [7, 11) is -2.33. The molecule has 0 saturated carbocycles. The van der Waals surface area contributed by atoms with Crippen molar-refractivity contribution in [1.82, 2.24) is 5.32 Å². The fraction of sp³-hybridized carbons (Fsp3) is 0.167. The van der Waals surface area contributed by atoms with E-state index in [-0.39, 0.29) is 23.0 Å². The molecule has 0 aliphatic rings. The molecule has 27 heavy (non-hydrogen) atoms. The molecule has 1 atom stereocenters. The van der Waals surface area contributed by atoms with Gasteiger partial charge in [0.1, 0.15) is 16.8 Å². The lowest BCUT2D eigenvalue weighted by Crippen LogP contribution is -2.31. The number of halogens is 1. The van der Waals surface area contributed by atoms with Gasteiger partial charge in [-0.3, -0.25) is 4.79 Å². The van der Waals surface area contributed by atoms with E-state index in [1.54, 1.807) is 30.3 Å². The number of carbonyl (C=O) groups excluding carboxylic acids is 1. The fourth-order valence-corrected chi connectivity index (χ4v) is 4.37. The van der Waals surface area contributed by atoms with Gasteiger partial charge in [0.2, 0.25) is 0 Å². The first kappa shape index (κ1) is 19.2. The number of sulfone groups is 1. The molecule has 0 radical (unpaired) electrons. The summed E-state index contributed by atoms with van der Waals surface area (Å²) >= 11 is 3.12. The molecule has 2 heterocycles. The topological polar surface area (TPSA) is 98.8 Å². The van der Waals surface area contributed by atoms with E-state index in [1.807, 2.05) is 0 Å². The van der Waals surface area contributed by atoms with E-state index in [2.05, 4.69) is 21.2 Å². The van der Waals surface area contributed by atoms with Gasteiger partial charge in [-0.05, 0) is 64.5 Å². The lowest BCUT2D eigenvalue weighted by atomic mass is 10.3. The van der Waals surface area contributed by atoms with Crippen LogP contribution in [0.3, 0.4) is 0 Å². The number of furan rings is 2. The Labute approximate surface area is 164 Å². The monoisotopic (exact) mass is 453 g/mol. The number of carbonyl (C=O) groups is 1. The molecule has 0 fully saturated rings. The standard InChI is InChI=1S/C18H16BrNO6S/c1-24-12-4-6-13(7-5-12)27(22,23)16(14-3-2-10-25-14)11-20-18(21)15-8-9-17(19)26-15/h2-10,16H,11H2,1H3,(H,20,21). The first-order chi connectivity index (χ1) is 12.9. The molecule has 2 aromatic heterocycles. The molecule has 0 spiro atoms. The Morgan fingerprint density at radius 3 is 2.48 bits per heavy atom. The number of methoxy groups -OCH3 is 1. The van der Waals surface area contributed by atoms with Gasteiger partial charge in [-0.2, -0.15) is 0 Å². The Bertz CT molecular complexity index is 1010. The number of ether oxygens (including phenoxy) is 1. The van der Waals surface area contributed by atoms with Crippen LogP contribution >= 0.6 is 15.9 Å². The number of hydrogen-bond donors (Lipinski definition) is 1. The highest BCUT2D eigenvalue weighted by Gasteiger charge is 2.32. The molecule has 1 N–H and O–H groups in total. The third-order valence-corrected chi connectivity index (χ3v) is 6.37. The molecule has 1 aromatic carbocycles. The van der Waals surface area contributed by atoms with Crippen molar-refractivity contribution < 1.29 is 26.8 Å². The maximum Gasteiger partial charge on any atom is 0.287 e. The average molecular weight is 454 g/mol. The third-order valence-electron chi connectivity index (χ3n) is 3.87. The van der Waals surface area contributed by atoms with Crippen LogP contribution in [-0.2, 0) is 9.84 Å². The summed E-state index contributed by atoms with van der Waals surface area (Å²) in [5.74, 6) is 0.316. The van der Waals surface area contributed by atoms with Crippen LogP contribution in [0.25, 0.3) is 0 Å². The highest BCUT2D eigenvalue weighted by molar-refractivity contribution is 9.10. The summed E-state index contributed by atoms with van der Waals surface area (Å²) in [6, 6.07) is 12.2. The molecule has 9 heteroatoms. The second kappa shape index (κ2) is 8.01. The Balaban J connectivity index is 1.85. The Hall–Kier alpha value is -2.52. The van der Waals surface area contributed by atoms with Gasteiger partial charge < -0.3 is 18.9 Å². The van der Waals surface area contributed by atoms with Crippen molar-refractivity contribution in [2.24, 2.45) is 0 Å². The van der Waals surface area contributed by atoms with Crippen LogP contribution < -0.4 is 10.1 Å². The van der Waals surface area contributed by atoms with Gasteiger partial charge in [0.15, 0.2) is 20.3 Å². The maximum atomic E-state index is 13.1. The van der Waals surface area contributed by atoms with Crippen molar-refractivity contribution in [1.29, 1.82) is 0 Å². The second-order valence-electron chi connectivity index (χ2n) is 5.54. The van der Waals surface area contributed by atoms with Crippen molar-refractivity contribution in [2.75, 3.05) is 13.7 Å². The highest BCUT2D eigenvalue weighted by Crippen LogP contribution is 2.30. The van der Waals surface area contributed by atoms with Gasteiger partial charge in [-0.1, -0.05) is 0 Å². The summed E-state index contributed by atoms with van der Waals surface area (Å²) in [6.07, 6.45) is 1.39. The predicted octanol–water partition coefficient (Wildman–Crippen LogP) is 3.59. The van der Waals surface area contributed by atoms with Crippen molar-refractivity contribution >= 4 is 31.7 Å². The van der Waals surface area contributed by atoms with E-state index in [0.717, 1.165) is 0 Å². The van der Waals surface area contributed by atoms with Crippen LogP contribution in [0.15, 0.2) is 73.2 Å². The van der Waals surface area contributed by atoms with Gasteiger partial charge >= 0.3 is 0 Å². The zero-order valence-electron chi connectivity index (χ0n) is 14.2. The van der Waals surface area contributed by atoms with Gasteiger partial charge in [0, 0.05) is 6.54 Å². The molecule has 0 saturated heterocycles. The maximum absolute atomic E-state index is 13.1. The van der Waals surface area contributed by atoms with Crippen molar-refractivity contribution in [3.63, 3.8) is 0 Å². The minimum atomic E-state index is -3.83. The molecule has 1 unspecified atom stereocenters. The molecule has 3 aromatic rings. The van der Waals surface area contributed by atoms with Crippen molar-refractivity contribution in [3.8, 4) is 5.75 Å². The summed E-state index contributed by atoms with van der Waals surface area (Å²) < 4.78 is 42.2. The van der Waals surface area contributed by atoms with E-state index in [4.69, 9.17) is 13.6 Å². The van der Waals surface area contributed by atoms with Gasteiger partial charge in [-0.25, -0.2) is 8.42 Å². The normalized spacial score (nSPS) is 12.5. The molecular formula is C18H16BrNO6S. The van der Waals surface area contributed by atoms with Gasteiger partial charge in [-0.15, -0.1) is 0 Å². The highest BCUT2D eigenvalue weighted by atomic mass is 79.9. The molecule has 3 rings (SSSR count). The van der Waals surface area contributed by atoms with Gasteiger partial charge in [0.05, 0.1) is 18.3 Å². The zero-order valence-corrected chi connectivity index (χ0v) is 16.6. The van der Waals surface area contributed by atoms with Crippen LogP contribution in [0, 0.1) is 0 Å². The Morgan fingerprint density at radius 1 is 1.19 bits per heavy atom. The molecule has 0 aliphatic carbocycles. The van der Waals surface area contributed by atoms with Crippen LogP contribution in [-0.4, -0.2) is 28.0 Å². The molecular weight excluding hydrogens is 438 g/mol. The first-order valence-corrected chi connectivity index (χ1v) is 10.2. The lowest BCUT2D eigenvalue weighted by molar-refractivity contribution is 0.0924. The number of hydrogen-bond acceptors (Lipinski definition) is 6. The van der Waals surface area contributed by atoms with E-state index >= 15 is 0 Å². The minimum absolute atomic E-state index is 0.0712. The Kier molecular flexibility index (Phi) is 5.71. The zero-order chi connectivity index (χ0) is 19.4. The largest absolute Gasteiger partial charge is 0.497 e. The summed E-state index contributed by atoms with van der Waals surface area (Å²) in [5, 5.41) is 1.49. The predicted molar refractivity (Wildman–Crippen MR) is 100 cm³/mol. The number of amides is 1. The minimum Gasteiger partial charge on any atom is -0.497 e. The number of nitrogens with one attached hydrogen (secondary N) is 1. The second-order valence-corrected chi connectivity index (χ2v) is 8.45. The average Bonchev–Trinajstić information content (AvgIpc) is 3.33. The van der Waals surface area contributed by atoms with Crippen LogP contribution in [0.4, 0.5) is 0 Å². The summed E-state index contributed by atoms with van der Waals surface area (Å²) in [5.41, 5.74) is 0. The summed E-state index contributed by atoms with van der Waals surface area (Å²) in [6.45, 7) is -0.182. The molecule has 0 aliphatic heterocycles. The number of benzene rings is 1. The van der Waals surface area contributed by atoms with Crippen LogP contribution in [0.2, 0.25) is 0 Å². The Morgan fingerprint density at radius 2 is 1.93 bits per heavy atom. The van der Waals surface area contributed by atoms with E-state index in [9.17, 15) is 13.2 Å². The number of rotatable bonds is 7. The van der Waals surface area contributed by atoms with Crippen LogP contribution in [0.1, 0.15) is 21.6 Å². The van der Waals surface area contributed by atoms with E-state index < -0.39 is 21.0 Å². The van der Waals surface area contributed by atoms with Crippen LogP contribution in [0.5, 0.6) is 5.75 Å². The molecule has 0 bridgehead atoms. The SMILES string of the molecule is COc1ccc(S(=O)(=O)C(CNC(=O)c2ccc(Br)o2)c2ccco2)cc1. The van der Waals surface area contributed by atoms with Crippen molar-refractivity contribution in [3.05, 3.63) is 71.0 Å².